The summed E-state index contributed by atoms with van der Waals surface area (Å²) in [6.45, 7) is 4.80. The predicted octanol–water partition coefficient (Wildman–Crippen LogP) is 2.89. The van der Waals surface area contributed by atoms with Crippen LogP contribution in [0.1, 0.15) is 26.7 Å². The Morgan fingerprint density at radius 1 is 1.30 bits per heavy atom. The summed E-state index contributed by atoms with van der Waals surface area (Å²) in [5.41, 5.74) is 0. The fourth-order valence-corrected chi connectivity index (χ4v) is 0.560. The number of hydrogen-bond donors (Lipinski definition) is 0. The third-order valence-corrected chi connectivity index (χ3v) is 1.05. The van der Waals surface area contributed by atoms with Crippen molar-refractivity contribution in [2.24, 2.45) is 0 Å². The Kier molecular flexibility index (Phi) is 7.68. The van der Waals surface area contributed by atoms with Crippen LogP contribution in [0.3, 0.4) is 0 Å². The minimum atomic E-state index is 0.699. The van der Waals surface area contributed by atoms with Gasteiger partial charge in [-0.1, -0.05) is 31.6 Å². The van der Waals surface area contributed by atoms with Crippen molar-refractivity contribution in [1.29, 1.82) is 0 Å². The highest BCUT2D eigenvalue weighted by Gasteiger charge is 1.73. The van der Waals surface area contributed by atoms with Crippen LogP contribution in [-0.4, -0.2) is 6.61 Å². The molecular formula is C9H16O. The lowest BCUT2D eigenvalue weighted by Crippen LogP contribution is -1.79. The first kappa shape index (κ1) is 9.28. The second-order valence-electron chi connectivity index (χ2n) is 2.06. The zero-order valence-electron chi connectivity index (χ0n) is 6.84. The van der Waals surface area contributed by atoms with E-state index in [0.717, 1.165) is 6.42 Å². The van der Waals surface area contributed by atoms with Crippen LogP contribution in [0, 0.1) is 0 Å². The molecule has 0 aromatic rings. The summed E-state index contributed by atoms with van der Waals surface area (Å²) >= 11 is 0. The number of unbranched alkanes of at least 4 members (excludes halogenated alkanes) is 1. The molecule has 0 fully saturated rings. The van der Waals surface area contributed by atoms with Gasteiger partial charge in [-0.15, -0.1) is 0 Å². The molecule has 0 aliphatic carbocycles. The molecule has 0 unspecified atom stereocenters. The van der Waals surface area contributed by atoms with Gasteiger partial charge in [-0.25, -0.2) is 0 Å². The Morgan fingerprint density at radius 3 is 2.70 bits per heavy atom. The van der Waals surface area contributed by atoms with Crippen LogP contribution in [-0.2, 0) is 4.74 Å². The second kappa shape index (κ2) is 8.28. The van der Waals surface area contributed by atoms with Crippen LogP contribution in [0.15, 0.2) is 24.5 Å². The van der Waals surface area contributed by atoms with E-state index in [0.29, 0.717) is 6.61 Å². The van der Waals surface area contributed by atoms with E-state index in [1.54, 1.807) is 6.26 Å². The SMILES string of the molecule is C/C=C/OC/C=C\CCC. The lowest BCUT2D eigenvalue weighted by atomic mass is 10.3. The van der Waals surface area contributed by atoms with Crippen molar-refractivity contribution in [2.45, 2.75) is 26.7 Å². The maximum atomic E-state index is 5.06. The van der Waals surface area contributed by atoms with Crippen molar-refractivity contribution in [2.75, 3.05) is 6.61 Å². The van der Waals surface area contributed by atoms with E-state index < -0.39 is 0 Å². The van der Waals surface area contributed by atoms with Crippen LogP contribution in [0.25, 0.3) is 0 Å². The molecule has 0 N–H and O–H groups in total. The highest BCUT2D eigenvalue weighted by molar-refractivity contribution is 4.81. The third-order valence-electron chi connectivity index (χ3n) is 1.05. The van der Waals surface area contributed by atoms with E-state index >= 15 is 0 Å². The molecule has 0 bridgehead atoms. The van der Waals surface area contributed by atoms with Gasteiger partial charge in [0.05, 0.1) is 6.26 Å². The molecule has 1 heteroatoms. The first-order valence-electron chi connectivity index (χ1n) is 3.79. The van der Waals surface area contributed by atoms with Crippen LogP contribution >= 0.6 is 0 Å². The Balaban J connectivity index is 3.02. The van der Waals surface area contributed by atoms with Crippen molar-refractivity contribution in [3.63, 3.8) is 0 Å². The first-order chi connectivity index (χ1) is 4.91. The summed E-state index contributed by atoms with van der Waals surface area (Å²) in [4.78, 5) is 0. The zero-order valence-corrected chi connectivity index (χ0v) is 6.84. The summed E-state index contributed by atoms with van der Waals surface area (Å²) in [7, 11) is 0. The standard InChI is InChI=1S/C9H16O/c1-3-5-6-7-9-10-8-4-2/h4,6-8H,3,5,9H2,1-2H3/b7-6-,8-4+. The maximum Gasteiger partial charge on any atom is 0.105 e. The first-order valence-corrected chi connectivity index (χ1v) is 3.79. The third kappa shape index (κ3) is 7.28. The van der Waals surface area contributed by atoms with Gasteiger partial charge in [-0.3, -0.25) is 0 Å². The fraction of sp³-hybridized carbons (Fsp3) is 0.556. The molecule has 0 amide bonds. The van der Waals surface area contributed by atoms with E-state index in [1.165, 1.54) is 6.42 Å². The highest BCUT2D eigenvalue weighted by atomic mass is 16.5. The van der Waals surface area contributed by atoms with Crippen molar-refractivity contribution in [1.82, 2.24) is 0 Å². The molecule has 1 nitrogen and oxygen atoms in total. The molecule has 0 radical (unpaired) electrons. The predicted molar refractivity (Wildman–Crippen MR) is 44.8 cm³/mol. The average Bonchev–Trinajstić information content (AvgIpc) is 1.97. The number of allylic oxidation sites excluding steroid dienone is 2. The van der Waals surface area contributed by atoms with Crippen molar-refractivity contribution < 1.29 is 4.74 Å². The number of ether oxygens (including phenoxy) is 1. The molecule has 0 aliphatic rings. The van der Waals surface area contributed by atoms with Crippen LogP contribution < -0.4 is 0 Å². The summed E-state index contributed by atoms with van der Waals surface area (Å²) in [6.07, 6.45) is 10.1. The maximum absolute atomic E-state index is 5.06. The molecule has 0 heterocycles. The van der Waals surface area contributed by atoms with Gasteiger partial charge in [0.1, 0.15) is 6.61 Å². The lowest BCUT2D eigenvalue weighted by Gasteiger charge is -1.91. The highest BCUT2D eigenvalue weighted by Crippen LogP contribution is 1.88. The van der Waals surface area contributed by atoms with E-state index in [1.807, 2.05) is 19.1 Å². The Bertz CT molecular complexity index is 103. The van der Waals surface area contributed by atoms with Gasteiger partial charge in [0.2, 0.25) is 0 Å². The summed E-state index contributed by atoms with van der Waals surface area (Å²) in [6, 6.07) is 0. The quantitative estimate of drug-likeness (QED) is 0.324. The van der Waals surface area contributed by atoms with Crippen molar-refractivity contribution >= 4 is 0 Å². The zero-order chi connectivity index (χ0) is 7.66. The van der Waals surface area contributed by atoms with Gasteiger partial charge in [0.25, 0.3) is 0 Å². The molecule has 58 valence electrons. The van der Waals surface area contributed by atoms with Gasteiger partial charge >= 0.3 is 0 Å². The average molecular weight is 140 g/mol. The molecule has 0 aromatic carbocycles. The topological polar surface area (TPSA) is 9.23 Å². The molecule has 0 saturated carbocycles. The minimum absolute atomic E-state index is 0.699. The van der Waals surface area contributed by atoms with Gasteiger partial charge in [-0.05, 0) is 13.3 Å². The summed E-state index contributed by atoms with van der Waals surface area (Å²) < 4.78 is 5.06. The Morgan fingerprint density at radius 2 is 2.10 bits per heavy atom. The van der Waals surface area contributed by atoms with Gasteiger partial charge in [-0.2, -0.15) is 0 Å². The van der Waals surface area contributed by atoms with Gasteiger partial charge in [0.15, 0.2) is 0 Å². The Labute approximate surface area is 63.4 Å². The molecule has 0 aliphatic heterocycles. The van der Waals surface area contributed by atoms with E-state index in [9.17, 15) is 0 Å². The normalized spacial score (nSPS) is 11.4. The molecule has 0 spiro atoms. The number of hydrogen-bond acceptors (Lipinski definition) is 1. The molecule has 0 saturated heterocycles. The number of rotatable bonds is 5. The molecule has 0 aromatic heterocycles. The molecule has 10 heavy (non-hydrogen) atoms. The smallest absolute Gasteiger partial charge is 0.105 e. The molecular weight excluding hydrogens is 124 g/mol. The largest absolute Gasteiger partial charge is 0.497 e. The van der Waals surface area contributed by atoms with Crippen LogP contribution in [0.4, 0.5) is 0 Å². The van der Waals surface area contributed by atoms with Crippen LogP contribution in [0.2, 0.25) is 0 Å². The van der Waals surface area contributed by atoms with Crippen LogP contribution in [0.5, 0.6) is 0 Å². The molecule has 0 rings (SSSR count). The monoisotopic (exact) mass is 140 g/mol. The second-order valence-corrected chi connectivity index (χ2v) is 2.06. The lowest BCUT2D eigenvalue weighted by molar-refractivity contribution is 0.289. The molecule has 0 atom stereocenters. The minimum Gasteiger partial charge on any atom is -0.497 e. The summed E-state index contributed by atoms with van der Waals surface area (Å²) in [5, 5.41) is 0. The van der Waals surface area contributed by atoms with E-state index in [4.69, 9.17) is 4.74 Å². The van der Waals surface area contributed by atoms with Gasteiger partial charge < -0.3 is 4.74 Å². The van der Waals surface area contributed by atoms with Crippen molar-refractivity contribution in [3.05, 3.63) is 24.5 Å². The van der Waals surface area contributed by atoms with Gasteiger partial charge in [0, 0.05) is 0 Å². The summed E-state index contributed by atoms with van der Waals surface area (Å²) in [5.74, 6) is 0. The Hall–Kier alpha value is -0.720. The van der Waals surface area contributed by atoms with E-state index in [-0.39, 0.29) is 0 Å². The van der Waals surface area contributed by atoms with E-state index in [2.05, 4.69) is 13.0 Å². The van der Waals surface area contributed by atoms with Crippen molar-refractivity contribution in [3.8, 4) is 0 Å². The fourth-order valence-electron chi connectivity index (χ4n) is 0.560.